The lowest BCUT2D eigenvalue weighted by Gasteiger charge is -2.24. The van der Waals surface area contributed by atoms with Gasteiger partial charge < -0.3 is 5.11 Å². The van der Waals surface area contributed by atoms with Crippen LogP contribution in [0.15, 0.2) is 36.4 Å². The van der Waals surface area contributed by atoms with E-state index in [2.05, 4.69) is 20.8 Å². The first-order valence-corrected chi connectivity index (χ1v) is 7.79. The van der Waals surface area contributed by atoms with Gasteiger partial charge in [0, 0.05) is 0 Å². The Morgan fingerprint density at radius 2 is 1.65 bits per heavy atom. The SMILES string of the molecule is CC(C)c1cc(C(C)(C)C)cc(-c2ccc(F)cc2)c1C(=O)O. The van der Waals surface area contributed by atoms with Gasteiger partial charge in [-0.3, -0.25) is 0 Å². The second-order valence-electron chi connectivity index (χ2n) is 7.20. The number of carbonyl (C=O) groups is 1. The molecular formula is C20H23FO2. The molecule has 0 aliphatic carbocycles. The lowest BCUT2D eigenvalue weighted by atomic mass is 9.80. The first-order chi connectivity index (χ1) is 10.6. The Bertz CT molecular complexity index is 723. The molecule has 0 unspecified atom stereocenters. The fraction of sp³-hybridized carbons (Fsp3) is 0.350. The molecule has 0 bridgehead atoms. The van der Waals surface area contributed by atoms with Gasteiger partial charge in [-0.25, -0.2) is 9.18 Å². The smallest absolute Gasteiger partial charge is 0.336 e. The monoisotopic (exact) mass is 314 g/mol. The van der Waals surface area contributed by atoms with Crippen molar-refractivity contribution in [3.05, 3.63) is 58.9 Å². The molecule has 2 aromatic carbocycles. The molecule has 122 valence electrons. The predicted molar refractivity (Wildman–Crippen MR) is 91.6 cm³/mol. The Hall–Kier alpha value is -2.16. The van der Waals surface area contributed by atoms with E-state index in [1.165, 1.54) is 12.1 Å². The molecule has 0 atom stereocenters. The molecule has 0 radical (unpaired) electrons. The van der Waals surface area contributed by atoms with Gasteiger partial charge in [0.1, 0.15) is 5.82 Å². The van der Waals surface area contributed by atoms with Crippen molar-refractivity contribution in [3.63, 3.8) is 0 Å². The van der Waals surface area contributed by atoms with E-state index in [0.29, 0.717) is 11.1 Å². The van der Waals surface area contributed by atoms with Crippen LogP contribution in [0.2, 0.25) is 0 Å². The predicted octanol–water partition coefficient (Wildman–Crippen LogP) is 5.61. The molecule has 2 nitrogen and oxygen atoms in total. The lowest BCUT2D eigenvalue weighted by Crippen LogP contribution is -2.15. The molecule has 0 aliphatic rings. The summed E-state index contributed by atoms with van der Waals surface area (Å²) < 4.78 is 13.2. The number of benzene rings is 2. The van der Waals surface area contributed by atoms with E-state index in [1.54, 1.807) is 12.1 Å². The number of hydrogen-bond acceptors (Lipinski definition) is 1. The zero-order chi connectivity index (χ0) is 17.4. The Morgan fingerprint density at radius 3 is 2.09 bits per heavy atom. The molecular weight excluding hydrogens is 291 g/mol. The summed E-state index contributed by atoms with van der Waals surface area (Å²) >= 11 is 0. The fourth-order valence-corrected chi connectivity index (χ4v) is 2.65. The van der Waals surface area contributed by atoms with Crippen LogP contribution in [0.1, 0.15) is 62.0 Å². The van der Waals surface area contributed by atoms with E-state index in [0.717, 1.165) is 16.7 Å². The van der Waals surface area contributed by atoms with E-state index in [-0.39, 0.29) is 17.2 Å². The van der Waals surface area contributed by atoms with E-state index in [9.17, 15) is 14.3 Å². The fourth-order valence-electron chi connectivity index (χ4n) is 2.65. The molecule has 0 saturated carbocycles. The summed E-state index contributed by atoms with van der Waals surface area (Å²) in [5, 5.41) is 9.73. The first kappa shape index (κ1) is 17.2. The van der Waals surface area contributed by atoms with Crippen molar-refractivity contribution in [2.45, 2.75) is 46.0 Å². The van der Waals surface area contributed by atoms with Crippen LogP contribution in [0.3, 0.4) is 0 Å². The van der Waals surface area contributed by atoms with Crippen molar-refractivity contribution in [2.75, 3.05) is 0 Å². The van der Waals surface area contributed by atoms with Crippen molar-refractivity contribution in [1.82, 2.24) is 0 Å². The highest BCUT2D eigenvalue weighted by molar-refractivity contribution is 5.98. The van der Waals surface area contributed by atoms with Crippen LogP contribution in [-0.2, 0) is 5.41 Å². The molecule has 0 aromatic heterocycles. The van der Waals surface area contributed by atoms with Crippen LogP contribution in [0.25, 0.3) is 11.1 Å². The summed E-state index contributed by atoms with van der Waals surface area (Å²) in [7, 11) is 0. The zero-order valence-electron chi connectivity index (χ0n) is 14.3. The van der Waals surface area contributed by atoms with E-state index in [1.807, 2.05) is 26.0 Å². The van der Waals surface area contributed by atoms with Gasteiger partial charge in [-0.1, -0.05) is 52.8 Å². The van der Waals surface area contributed by atoms with Crippen LogP contribution in [-0.4, -0.2) is 11.1 Å². The average Bonchev–Trinajstić information content (AvgIpc) is 2.45. The second kappa shape index (κ2) is 6.15. The Labute approximate surface area is 137 Å². The van der Waals surface area contributed by atoms with Crippen molar-refractivity contribution >= 4 is 5.97 Å². The first-order valence-electron chi connectivity index (χ1n) is 7.79. The molecule has 0 amide bonds. The Kier molecular flexibility index (Phi) is 4.60. The van der Waals surface area contributed by atoms with Crippen LogP contribution in [0, 0.1) is 5.82 Å². The van der Waals surface area contributed by atoms with Gasteiger partial charge in [0.15, 0.2) is 0 Å². The normalized spacial score (nSPS) is 11.8. The van der Waals surface area contributed by atoms with Gasteiger partial charge in [-0.2, -0.15) is 0 Å². The van der Waals surface area contributed by atoms with E-state index < -0.39 is 5.97 Å². The maximum absolute atomic E-state index is 13.2. The Morgan fingerprint density at radius 1 is 1.09 bits per heavy atom. The van der Waals surface area contributed by atoms with Crippen LogP contribution < -0.4 is 0 Å². The van der Waals surface area contributed by atoms with Gasteiger partial charge in [0.05, 0.1) is 5.56 Å². The number of halogens is 1. The standard InChI is InChI=1S/C20H23FO2/c1-12(2)16-10-14(20(3,4)5)11-17(18(16)19(22)23)13-6-8-15(21)9-7-13/h6-12H,1-5H3,(H,22,23). The molecule has 0 fully saturated rings. The molecule has 2 aromatic rings. The minimum Gasteiger partial charge on any atom is -0.478 e. The molecule has 2 rings (SSSR count). The summed E-state index contributed by atoms with van der Waals surface area (Å²) in [4.78, 5) is 11.9. The maximum atomic E-state index is 13.2. The summed E-state index contributed by atoms with van der Waals surface area (Å²) in [5.74, 6) is -1.20. The number of aromatic carboxylic acids is 1. The largest absolute Gasteiger partial charge is 0.478 e. The van der Waals surface area contributed by atoms with Gasteiger partial charge in [-0.15, -0.1) is 0 Å². The van der Waals surface area contributed by atoms with Crippen molar-refractivity contribution in [3.8, 4) is 11.1 Å². The molecule has 23 heavy (non-hydrogen) atoms. The number of rotatable bonds is 3. The van der Waals surface area contributed by atoms with Gasteiger partial charge in [0.25, 0.3) is 0 Å². The average molecular weight is 314 g/mol. The molecule has 3 heteroatoms. The van der Waals surface area contributed by atoms with Crippen molar-refractivity contribution < 1.29 is 14.3 Å². The Balaban J connectivity index is 2.83. The highest BCUT2D eigenvalue weighted by atomic mass is 19.1. The van der Waals surface area contributed by atoms with Crippen molar-refractivity contribution in [2.24, 2.45) is 0 Å². The molecule has 0 spiro atoms. The van der Waals surface area contributed by atoms with E-state index in [4.69, 9.17) is 0 Å². The highest BCUT2D eigenvalue weighted by Crippen LogP contribution is 2.36. The quantitative estimate of drug-likeness (QED) is 0.799. The minimum atomic E-state index is -0.950. The van der Waals surface area contributed by atoms with Gasteiger partial charge in [-0.05, 0) is 51.8 Å². The number of carboxylic acid groups (broad SMARTS) is 1. The van der Waals surface area contributed by atoms with Gasteiger partial charge in [0.2, 0.25) is 0 Å². The third kappa shape index (κ3) is 3.61. The topological polar surface area (TPSA) is 37.3 Å². The molecule has 1 N–H and O–H groups in total. The summed E-state index contributed by atoms with van der Waals surface area (Å²) in [5.41, 5.74) is 3.45. The molecule has 0 saturated heterocycles. The van der Waals surface area contributed by atoms with E-state index >= 15 is 0 Å². The van der Waals surface area contributed by atoms with Crippen LogP contribution >= 0.6 is 0 Å². The van der Waals surface area contributed by atoms with Crippen LogP contribution in [0.4, 0.5) is 4.39 Å². The number of hydrogen-bond donors (Lipinski definition) is 1. The zero-order valence-corrected chi connectivity index (χ0v) is 14.3. The molecule has 0 heterocycles. The summed E-state index contributed by atoms with van der Waals surface area (Å²) in [6.45, 7) is 10.3. The van der Waals surface area contributed by atoms with Crippen LogP contribution in [0.5, 0.6) is 0 Å². The summed E-state index contributed by atoms with van der Waals surface area (Å²) in [6, 6.07) is 9.89. The third-order valence-electron chi connectivity index (χ3n) is 4.03. The maximum Gasteiger partial charge on any atom is 0.336 e. The third-order valence-corrected chi connectivity index (χ3v) is 4.03. The second-order valence-corrected chi connectivity index (χ2v) is 7.20. The summed E-state index contributed by atoms with van der Waals surface area (Å²) in [6.07, 6.45) is 0. The minimum absolute atomic E-state index is 0.0857. The number of carboxylic acids is 1. The molecule has 0 aliphatic heterocycles. The van der Waals surface area contributed by atoms with Gasteiger partial charge >= 0.3 is 5.97 Å². The lowest BCUT2D eigenvalue weighted by molar-refractivity contribution is 0.0696. The van der Waals surface area contributed by atoms with Crippen molar-refractivity contribution in [1.29, 1.82) is 0 Å². The highest BCUT2D eigenvalue weighted by Gasteiger charge is 2.24.